The molecule has 0 radical (unpaired) electrons. The lowest BCUT2D eigenvalue weighted by Gasteiger charge is -2.22. The molecule has 5 heteroatoms. The lowest BCUT2D eigenvalue weighted by Crippen LogP contribution is -2.54. The fraction of sp³-hybridized carbons (Fsp3) is 0.333. The molecule has 1 aliphatic heterocycles. The zero-order chi connectivity index (χ0) is 8.65. The van der Waals surface area contributed by atoms with Crippen LogP contribution in [0.3, 0.4) is 0 Å². The topological polar surface area (TPSA) is 86.6 Å². The van der Waals surface area contributed by atoms with Gasteiger partial charge in [0.2, 0.25) is 5.78 Å². The van der Waals surface area contributed by atoms with E-state index in [0.29, 0.717) is 5.70 Å². The molecule has 0 spiro atoms. The molecule has 0 aromatic heterocycles. The smallest absolute Gasteiger partial charge is 0.310 e. The van der Waals surface area contributed by atoms with Gasteiger partial charge in [-0.2, -0.15) is 0 Å². The van der Waals surface area contributed by atoms with E-state index in [1.165, 1.54) is 6.92 Å². The zero-order valence-corrected chi connectivity index (χ0v) is 5.79. The number of hydrogen-bond donors (Lipinski definition) is 3. The molecule has 0 atom stereocenters. The van der Waals surface area contributed by atoms with Gasteiger partial charge < -0.3 is 15.5 Å². The van der Waals surface area contributed by atoms with Crippen LogP contribution in [0.2, 0.25) is 0 Å². The third-order valence-electron chi connectivity index (χ3n) is 1.32. The van der Waals surface area contributed by atoms with Crippen molar-refractivity contribution in [3.05, 3.63) is 11.8 Å². The highest BCUT2D eigenvalue weighted by molar-refractivity contribution is 6.14. The monoisotopic (exact) mass is 157 g/mol. The minimum absolute atomic E-state index is 0.304. The molecule has 0 aromatic carbocycles. The first-order valence-corrected chi connectivity index (χ1v) is 2.93. The van der Waals surface area contributed by atoms with Crippen molar-refractivity contribution in [1.29, 1.82) is 0 Å². The van der Waals surface area contributed by atoms with Gasteiger partial charge in [-0.1, -0.05) is 0 Å². The molecule has 1 aliphatic rings. The normalized spacial score (nSPS) is 22.6. The predicted octanol–water partition coefficient (Wildman–Crippen LogP) is -1.73. The summed E-state index contributed by atoms with van der Waals surface area (Å²) in [5.41, 5.74) is 0.304. The van der Waals surface area contributed by atoms with E-state index in [0.717, 1.165) is 6.08 Å². The van der Waals surface area contributed by atoms with Gasteiger partial charge in [0.1, 0.15) is 0 Å². The van der Waals surface area contributed by atoms with E-state index in [1.807, 2.05) is 0 Å². The Labute approximate surface area is 62.3 Å². The summed E-state index contributed by atoms with van der Waals surface area (Å²) in [6.45, 7) is 1.48. The van der Waals surface area contributed by atoms with Crippen LogP contribution in [0, 0.1) is 0 Å². The van der Waals surface area contributed by atoms with Crippen molar-refractivity contribution in [1.82, 2.24) is 5.32 Å². The Kier molecular flexibility index (Phi) is 1.54. The van der Waals surface area contributed by atoms with Crippen molar-refractivity contribution < 1.29 is 19.8 Å². The van der Waals surface area contributed by atoms with Crippen LogP contribution in [0.1, 0.15) is 6.92 Å². The number of ketones is 1. The van der Waals surface area contributed by atoms with E-state index in [4.69, 9.17) is 10.2 Å². The molecular weight excluding hydrogens is 150 g/mol. The molecule has 60 valence electrons. The van der Waals surface area contributed by atoms with Gasteiger partial charge in [-0.25, -0.2) is 0 Å². The summed E-state index contributed by atoms with van der Waals surface area (Å²) in [5.74, 6) is -5.01. The molecule has 0 saturated carbocycles. The van der Waals surface area contributed by atoms with Gasteiger partial charge in [-0.05, 0) is 6.92 Å². The van der Waals surface area contributed by atoms with Gasteiger partial charge in [0.15, 0.2) is 0 Å². The van der Waals surface area contributed by atoms with Crippen molar-refractivity contribution in [3.63, 3.8) is 0 Å². The summed E-state index contributed by atoms with van der Waals surface area (Å²) in [6, 6.07) is 0. The molecule has 0 saturated heterocycles. The standard InChI is InChI=1S/C6H7NO4/c1-3-2-4(8)6(10,11)5(9)7-3/h2,10-11H,1H3,(H,7,9). The second kappa shape index (κ2) is 2.14. The Balaban J connectivity index is 3.06. The Bertz CT molecular complexity index is 253. The molecule has 3 N–H and O–H groups in total. The van der Waals surface area contributed by atoms with Gasteiger partial charge in [-0.15, -0.1) is 0 Å². The number of allylic oxidation sites excluding steroid dienone is 1. The van der Waals surface area contributed by atoms with E-state index < -0.39 is 17.5 Å². The molecule has 1 rings (SSSR count). The number of nitrogens with one attached hydrogen (secondary N) is 1. The third kappa shape index (κ3) is 1.15. The van der Waals surface area contributed by atoms with E-state index in [-0.39, 0.29) is 0 Å². The summed E-state index contributed by atoms with van der Waals surface area (Å²) in [5, 5.41) is 19.7. The first-order valence-electron chi connectivity index (χ1n) is 2.93. The van der Waals surface area contributed by atoms with Crippen molar-refractivity contribution in [2.75, 3.05) is 0 Å². The van der Waals surface area contributed by atoms with Crippen molar-refractivity contribution in [2.45, 2.75) is 12.7 Å². The van der Waals surface area contributed by atoms with Gasteiger partial charge >= 0.3 is 5.79 Å². The average molecular weight is 157 g/mol. The number of hydrogen-bond acceptors (Lipinski definition) is 4. The van der Waals surface area contributed by atoms with Crippen LogP contribution in [0.4, 0.5) is 0 Å². The fourth-order valence-electron chi connectivity index (χ4n) is 0.711. The minimum Gasteiger partial charge on any atom is -0.352 e. The summed E-state index contributed by atoms with van der Waals surface area (Å²) >= 11 is 0. The Morgan fingerprint density at radius 2 is 2.00 bits per heavy atom. The molecule has 0 fully saturated rings. The summed E-state index contributed by atoms with van der Waals surface area (Å²) in [6.07, 6.45) is 0.960. The number of carbonyl (C=O) groups is 2. The van der Waals surface area contributed by atoms with Crippen LogP contribution in [0.25, 0.3) is 0 Å². The zero-order valence-electron chi connectivity index (χ0n) is 5.79. The molecule has 0 aliphatic carbocycles. The lowest BCUT2D eigenvalue weighted by atomic mass is 10.1. The van der Waals surface area contributed by atoms with Crippen molar-refractivity contribution >= 4 is 11.7 Å². The quantitative estimate of drug-likeness (QED) is 0.288. The summed E-state index contributed by atoms with van der Waals surface area (Å²) < 4.78 is 0. The number of rotatable bonds is 0. The van der Waals surface area contributed by atoms with Crippen LogP contribution < -0.4 is 5.32 Å². The largest absolute Gasteiger partial charge is 0.352 e. The van der Waals surface area contributed by atoms with Crippen LogP contribution in [0.15, 0.2) is 11.8 Å². The Morgan fingerprint density at radius 3 is 2.45 bits per heavy atom. The summed E-state index contributed by atoms with van der Waals surface area (Å²) in [4.78, 5) is 21.4. The minimum atomic E-state index is -2.89. The van der Waals surface area contributed by atoms with Crippen LogP contribution in [-0.4, -0.2) is 27.7 Å². The molecular formula is C6H7NO4. The lowest BCUT2D eigenvalue weighted by molar-refractivity contribution is -0.188. The molecule has 0 aromatic rings. The van der Waals surface area contributed by atoms with Crippen molar-refractivity contribution in [3.8, 4) is 0 Å². The van der Waals surface area contributed by atoms with Crippen molar-refractivity contribution in [2.24, 2.45) is 0 Å². The van der Waals surface area contributed by atoms with Gasteiger partial charge in [0.05, 0.1) is 0 Å². The van der Waals surface area contributed by atoms with Crippen LogP contribution >= 0.6 is 0 Å². The SMILES string of the molecule is CC1=CC(=O)C(O)(O)C(=O)N1. The second-order valence-electron chi connectivity index (χ2n) is 2.32. The van der Waals surface area contributed by atoms with Gasteiger partial charge in [0, 0.05) is 11.8 Å². The highest BCUT2D eigenvalue weighted by Crippen LogP contribution is 2.09. The second-order valence-corrected chi connectivity index (χ2v) is 2.32. The van der Waals surface area contributed by atoms with E-state index in [9.17, 15) is 9.59 Å². The van der Waals surface area contributed by atoms with Crippen LogP contribution in [0.5, 0.6) is 0 Å². The predicted molar refractivity (Wildman–Crippen MR) is 34.1 cm³/mol. The Morgan fingerprint density at radius 1 is 1.45 bits per heavy atom. The third-order valence-corrected chi connectivity index (χ3v) is 1.32. The molecule has 1 heterocycles. The number of amides is 1. The molecule has 5 nitrogen and oxygen atoms in total. The number of carbonyl (C=O) groups excluding carboxylic acids is 2. The highest BCUT2D eigenvalue weighted by Gasteiger charge is 2.43. The maximum Gasteiger partial charge on any atom is 0.310 e. The number of aliphatic hydroxyl groups is 2. The van der Waals surface area contributed by atoms with Gasteiger partial charge in [0.25, 0.3) is 5.91 Å². The highest BCUT2D eigenvalue weighted by atomic mass is 16.5. The maximum atomic E-state index is 10.7. The molecule has 1 amide bonds. The van der Waals surface area contributed by atoms with E-state index in [1.54, 1.807) is 0 Å². The van der Waals surface area contributed by atoms with Gasteiger partial charge in [-0.3, -0.25) is 9.59 Å². The first kappa shape index (κ1) is 7.90. The van der Waals surface area contributed by atoms with Crippen LogP contribution in [-0.2, 0) is 9.59 Å². The summed E-state index contributed by atoms with van der Waals surface area (Å²) in [7, 11) is 0. The molecule has 0 bridgehead atoms. The first-order chi connectivity index (χ1) is 4.94. The molecule has 0 unspecified atom stereocenters. The Hall–Kier alpha value is -1.20. The fourth-order valence-corrected chi connectivity index (χ4v) is 0.711. The molecule has 11 heavy (non-hydrogen) atoms. The average Bonchev–Trinajstić information content (AvgIpc) is 1.84. The maximum absolute atomic E-state index is 10.7. The van der Waals surface area contributed by atoms with E-state index >= 15 is 0 Å². The van der Waals surface area contributed by atoms with E-state index in [2.05, 4.69) is 5.32 Å².